The first kappa shape index (κ1) is 24.7. The highest BCUT2D eigenvalue weighted by molar-refractivity contribution is 6.36. The average molecular weight is 502 g/mol. The zero-order valence-electron chi connectivity index (χ0n) is 18.2. The fraction of sp³-hybridized carbons (Fsp3) is 0.148. The van der Waals surface area contributed by atoms with Crippen LogP contribution in [0.4, 0.5) is 17.6 Å². The van der Waals surface area contributed by atoms with Gasteiger partial charge in [-0.1, -0.05) is 60.1 Å². The molecule has 0 spiro atoms. The summed E-state index contributed by atoms with van der Waals surface area (Å²) in [6.07, 6.45) is -5.69. The van der Waals surface area contributed by atoms with E-state index >= 15 is 0 Å². The third-order valence-electron chi connectivity index (χ3n) is 5.76. The highest BCUT2D eigenvalue weighted by atomic mass is 35.5. The van der Waals surface area contributed by atoms with Crippen LogP contribution in [0.15, 0.2) is 84.9 Å². The molecule has 0 saturated heterocycles. The molecule has 0 fully saturated rings. The van der Waals surface area contributed by atoms with Crippen LogP contribution in [0.5, 0.6) is 0 Å². The Morgan fingerprint density at radius 1 is 0.886 bits per heavy atom. The number of aliphatic hydroxyl groups excluding tert-OH is 1. The van der Waals surface area contributed by atoms with Gasteiger partial charge in [-0.25, -0.2) is 4.39 Å². The van der Waals surface area contributed by atoms with Gasteiger partial charge in [0.25, 0.3) is 5.91 Å². The minimum atomic E-state index is -4.48. The quantitative estimate of drug-likeness (QED) is 0.288. The second-order valence-corrected chi connectivity index (χ2v) is 8.52. The first-order chi connectivity index (χ1) is 16.6. The molecular formula is C27H20ClF4NO2. The van der Waals surface area contributed by atoms with Crippen LogP contribution in [-0.4, -0.2) is 17.1 Å². The molecule has 2 unspecified atom stereocenters. The van der Waals surface area contributed by atoms with Gasteiger partial charge in [0.05, 0.1) is 17.7 Å². The van der Waals surface area contributed by atoms with Crippen molar-refractivity contribution >= 4 is 28.3 Å². The number of rotatable bonds is 6. The average Bonchev–Trinajstić information content (AvgIpc) is 2.83. The van der Waals surface area contributed by atoms with Gasteiger partial charge in [-0.05, 0) is 59.3 Å². The summed E-state index contributed by atoms with van der Waals surface area (Å²) in [5.41, 5.74) is 0.359. The Morgan fingerprint density at radius 3 is 2.17 bits per heavy atom. The Labute approximate surface area is 204 Å². The molecule has 0 heterocycles. The van der Waals surface area contributed by atoms with Crippen molar-refractivity contribution in [3.63, 3.8) is 0 Å². The largest absolute Gasteiger partial charge is 0.416 e. The third-order valence-corrected chi connectivity index (χ3v) is 6.09. The molecule has 0 aromatic heterocycles. The number of nitrogens with one attached hydrogen (secondary N) is 1. The predicted molar refractivity (Wildman–Crippen MR) is 127 cm³/mol. The van der Waals surface area contributed by atoms with Crippen LogP contribution in [0, 0.1) is 5.82 Å². The molecule has 0 saturated carbocycles. The Morgan fingerprint density at radius 2 is 1.51 bits per heavy atom. The van der Waals surface area contributed by atoms with E-state index in [-0.39, 0.29) is 6.42 Å². The van der Waals surface area contributed by atoms with Gasteiger partial charge in [-0.15, -0.1) is 0 Å². The number of hydrogen-bond donors (Lipinski definition) is 2. The van der Waals surface area contributed by atoms with Gasteiger partial charge >= 0.3 is 6.18 Å². The first-order valence-corrected chi connectivity index (χ1v) is 11.1. The van der Waals surface area contributed by atoms with E-state index in [9.17, 15) is 27.5 Å². The number of carbonyl (C=O) groups is 1. The summed E-state index contributed by atoms with van der Waals surface area (Å²) in [7, 11) is 0. The molecule has 4 rings (SSSR count). The molecule has 3 nitrogen and oxygen atoms in total. The number of amides is 1. The van der Waals surface area contributed by atoms with Crippen molar-refractivity contribution < 1.29 is 27.5 Å². The summed E-state index contributed by atoms with van der Waals surface area (Å²) in [6.45, 7) is 0. The Balaban J connectivity index is 1.66. The van der Waals surface area contributed by atoms with Crippen LogP contribution in [-0.2, 0) is 12.6 Å². The summed E-state index contributed by atoms with van der Waals surface area (Å²) < 4.78 is 52.2. The second kappa shape index (κ2) is 10.1. The smallest absolute Gasteiger partial charge is 0.386 e. The topological polar surface area (TPSA) is 49.3 Å². The number of benzene rings is 4. The van der Waals surface area contributed by atoms with Crippen molar-refractivity contribution in [2.24, 2.45) is 0 Å². The van der Waals surface area contributed by atoms with Crippen molar-refractivity contribution in [2.75, 3.05) is 0 Å². The molecule has 0 aliphatic rings. The lowest BCUT2D eigenvalue weighted by Gasteiger charge is -2.25. The number of halogens is 5. The van der Waals surface area contributed by atoms with Gasteiger partial charge in [0.1, 0.15) is 5.82 Å². The van der Waals surface area contributed by atoms with Crippen LogP contribution in [0.25, 0.3) is 10.8 Å². The molecule has 8 heteroatoms. The van der Waals surface area contributed by atoms with Gasteiger partial charge in [0.2, 0.25) is 0 Å². The van der Waals surface area contributed by atoms with Gasteiger partial charge in [0.15, 0.2) is 0 Å². The third kappa shape index (κ3) is 5.63. The van der Waals surface area contributed by atoms with Gasteiger partial charge in [-0.3, -0.25) is 4.79 Å². The summed E-state index contributed by atoms with van der Waals surface area (Å²) in [5, 5.41) is 15.6. The van der Waals surface area contributed by atoms with E-state index in [4.69, 9.17) is 11.6 Å². The van der Waals surface area contributed by atoms with E-state index in [1.54, 1.807) is 36.4 Å². The fourth-order valence-corrected chi connectivity index (χ4v) is 4.17. The number of carbonyl (C=O) groups excluding carboxylic acids is 1. The maximum Gasteiger partial charge on any atom is 0.416 e. The molecule has 0 radical (unpaired) electrons. The van der Waals surface area contributed by atoms with E-state index in [2.05, 4.69) is 5.32 Å². The lowest BCUT2D eigenvalue weighted by Crippen LogP contribution is -2.41. The monoisotopic (exact) mass is 501 g/mol. The molecule has 180 valence electrons. The molecule has 35 heavy (non-hydrogen) atoms. The number of aliphatic hydroxyl groups is 1. The zero-order valence-corrected chi connectivity index (χ0v) is 18.9. The van der Waals surface area contributed by atoms with Crippen molar-refractivity contribution in [3.05, 3.63) is 118 Å². The highest BCUT2D eigenvalue weighted by Crippen LogP contribution is 2.30. The van der Waals surface area contributed by atoms with E-state index < -0.39 is 35.6 Å². The van der Waals surface area contributed by atoms with Gasteiger partial charge in [0, 0.05) is 16.0 Å². The summed E-state index contributed by atoms with van der Waals surface area (Å²) in [5.74, 6) is -0.979. The molecule has 2 atom stereocenters. The first-order valence-electron chi connectivity index (χ1n) is 10.7. The van der Waals surface area contributed by atoms with Gasteiger partial charge in [-0.2, -0.15) is 13.2 Å². The maximum absolute atomic E-state index is 13.4. The van der Waals surface area contributed by atoms with Crippen molar-refractivity contribution in [1.82, 2.24) is 5.32 Å². The Kier molecular flexibility index (Phi) is 7.10. The molecule has 2 N–H and O–H groups in total. The van der Waals surface area contributed by atoms with E-state index in [1.807, 2.05) is 0 Å². The standard InChI is InChI=1S/C27H20ClF4NO2/c28-23-6-2-3-20-21(23)4-1-5-22(20)26(35)33-24(25(34)17-9-13-19(29)14-10-17)15-16-7-11-18(12-8-16)27(30,31)32/h1-14,24-25,34H,15H2,(H,33,35). The zero-order chi connectivity index (χ0) is 25.2. The summed E-state index contributed by atoms with van der Waals surface area (Å²) in [4.78, 5) is 13.3. The molecular weight excluding hydrogens is 482 g/mol. The Hall–Kier alpha value is -3.42. The molecule has 4 aromatic carbocycles. The minimum absolute atomic E-state index is 0.0357. The van der Waals surface area contributed by atoms with Crippen LogP contribution in [0.3, 0.4) is 0 Å². The number of fused-ring (bicyclic) bond motifs is 1. The van der Waals surface area contributed by atoms with Crippen LogP contribution in [0.2, 0.25) is 5.02 Å². The molecule has 0 aliphatic carbocycles. The second-order valence-electron chi connectivity index (χ2n) is 8.12. The molecule has 1 amide bonds. The normalized spacial score (nSPS) is 13.4. The van der Waals surface area contributed by atoms with Crippen molar-refractivity contribution in [2.45, 2.75) is 24.7 Å². The van der Waals surface area contributed by atoms with Crippen molar-refractivity contribution in [1.29, 1.82) is 0 Å². The SMILES string of the molecule is O=C(NC(Cc1ccc(C(F)(F)F)cc1)C(O)c1ccc(F)cc1)c1cccc2c(Cl)cccc12. The van der Waals surface area contributed by atoms with Crippen molar-refractivity contribution in [3.8, 4) is 0 Å². The summed E-state index contributed by atoms with van der Waals surface area (Å²) >= 11 is 6.25. The van der Waals surface area contributed by atoms with Crippen LogP contribution < -0.4 is 5.32 Å². The van der Waals surface area contributed by atoms with E-state index in [1.165, 1.54) is 36.4 Å². The molecule has 0 aliphatic heterocycles. The maximum atomic E-state index is 13.4. The number of hydrogen-bond acceptors (Lipinski definition) is 2. The molecule has 0 bridgehead atoms. The lowest BCUT2D eigenvalue weighted by atomic mass is 9.94. The van der Waals surface area contributed by atoms with Crippen LogP contribution >= 0.6 is 11.6 Å². The van der Waals surface area contributed by atoms with Gasteiger partial charge < -0.3 is 10.4 Å². The highest BCUT2D eigenvalue weighted by Gasteiger charge is 2.30. The van der Waals surface area contributed by atoms with E-state index in [0.717, 1.165) is 12.1 Å². The minimum Gasteiger partial charge on any atom is -0.386 e. The lowest BCUT2D eigenvalue weighted by molar-refractivity contribution is -0.137. The predicted octanol–water partition coefficient (Wildman–Crippen LogP) is 6.73. The van der Waals surface area contributed by atoms with Crippen LogP contribution in [0.1, 0.15) is 33.2 Å². The molecule has 4 aromatic rings. The van der Waals surface area contributed by atoms with E-state index in [0.29, 0.717) is 32.5 Å². The number of alkyl halides is 3. The fourth-order valence-electron chi connectivity index (χ4n) is 3.93. The summed E-state index contributed by atoms with van der Waals surface area (Å²) in [6, 6.07) is 19.0. The Bertz CT molecular complexity index is 1340.